The predicted molar refractivity (Wildman–Crippen MR) is 70.5 cm³/mol. The fourth-order valence-electron chi connectivity index (χ4n) is 1.45. The van der Waals surface area contributed by atoms with Gasteiger partial charge in [-0.1, -0.05) is 6.07 Å². The Kier molecular flexibility index (Phi) is 4.25. The first-order chi connectivity index (χ1) is 8.25. The van der Waals surface area contributed by atoms with E-state index < -0.39 is 0 Å². The van der Waals surface area contributed by atoms with Crippen LogP contribution in [-0.4, -0.2) is 22.4 Å². The number of amides is 1. The smallest absolute Gasteiger partial charge is 0.230 e. The maximum absolute atomic E-state index is 11.5. The Bertz CT molecular complexity index is 393. The molecule has 0 unspecified atom stereocenters. The van der Waals surface area contributed by atoms with Crippen molar-refractivity contribution < 1.29 is 4.79 Å². The van der Waals surface area contributed by atoms with Crippen LogP contribution in [-0.2, 0) is 11.3 Å². The second kappa shape index (κ2) is 5.91. The van der Waals surface area contributed by atoms with E-state index in [1.807, 2.05) is 12.1 Å². The summed E-state index contributed by atoms with van der Waals surface area (Å²) in [5.74, 6) is 3.07. The molecular weight excluding hydrogens is 234 g/mol. The Hall–Kier alpha value is -1.23. The van der Waals surface area contributed by atoms with Crippen LogP contribution in [0, 0.1) is 5.92 Å². The van der Waals surface area contributed by atoms with Gasteiger partial charge >= 0.3 is 0 Å². The standard InChI is InChI=1S/C12H17N3OS/c13-12-10(2-1-5-14-12)6-15-11(16)8-17-7-9-3-4-9/h1-2,5,9H,3-4,6-8H2,(H2,13,14)(H,15,16). The Labute approximate surface area is 105 Å². The lowest BCUT2D eigenvalue weighted by Crippen LogP contribution is -2.25. The van der Waals surface area contributed by atoms with Crippen LogP contribution in [0.25, 0.3) is 0 Å². The van der Waals surface area contributed by atoms with Crippen molar-refractivity contribution in [1.29, 1.82) is 0 Å². The molecule has 1 saturated carbocycles. The largest absolute Gasteiger partial charge is 0.383 e. The number of nitrogen functional groups attached to an aromatic ring is 1. The van der Waals surface area contributed by atoms with Gasteiger partial charge in [-0.2, -0.15) is 11.8 Å². The maximum atomic E-state index is 11.5. The van der Waals surface area contributed by atoms with Gasteiger partial charge in [0.25, 0.3) is 0 Å². The summed E-state index contributed by atoms with van der Waals surface area (Å²) < 4.78 is 0. The summed E-state index contributed by atoms with van der Waals surface area (Å²) >= 11 is 1.71. The molecule has 1 aliphatic rings. The normalized spacial score (nSPS) is 14.6. The Morgan fingerprint density at radius 2 is 2.41 bits per heavy atom. The number of nitrogens with one attached hydrogen (secondary N) is 1. The summed E-state index contributed by atoms with van der Waals surface area (Å²) in [6.45, 7) is 0.461. The van der Waals surface area contributed by atoms with Crippen LogP contribution >= 0.6 is 11.8 Å². The van der Waals surface area contributed by atoms with Crippen LogP contribution in [0.1, 0.15) is 18.4 Å². The monoisotopic (exact) mass is 251 g/mol. The number of hydrogen-bond acceptors (Lipinski definition) is 4. The average Bonchev–Trinajstić information content (AvgIpc) is 3.12. The number of nitrogens with zero attached hydrogens (tertiary/aromatic N) is 1. The zero-order valence-electron chi connectivity index (χ0n) is 9.69. The molecule has 1 heterocycles. The van der Waals surface area contributed by atoms with E-state index in [1.165, 1.54) is 12.8 Å². The van der Waals surface area contributed by atoms with Crippen molar-refractivity contribution in [2.75, 3.05) is 17.2 Å². The van der Waals surface area contributed by atoms with Crippen molar-refractivity contribution in [2.45, 2.75) is 19.4 Å². The zero-order chi connectivity index (χ0) is 12.1. The van der Waals surface area contributed by atoms with Gasteiger partial charge in [-0.25, -0.2) is 4.98 Å². The van der Waals surface area contributed by atoms with E-state index in [-0.39, 0.29) is 5.91 Å². The number of hydrogen-bond donors (Lipinski definition) is 2. The molecule has 0 bridgehead atoms. The highest BCUT2D eigenvalue weighted by Gasteiger charge is 2.21. The highest BCUT2D eigenvalue weighted by molar-refractivity contribution is 7.99. The molecule has 92 valence electrons. The Morgan fingerprint density at radius 3 is 3.12 bits per heavy atom. The second-order valence-electron chi connectivity index (χ2n) is 4.28. The molecule has 0 atom stereocenters. The van der Waals surface area contributed by atoms with Gasteiger partial charge in [0.15, 0.2) is 0 Å². The van der Waals surface area contributed by atoms with Gasteiger partial charge in [0.1, 0.15) is 5.82 Å². The molecule has 0 aromatic carbocycles. The quantitative estimate of drug-likeness (QED) is 0.802. The highest BCUT2D eigenvalue weighted by atomic mass is 32.2. The molecule has 5 heteroatoms. The molecule has 0 saturated heterocycles. The summed E-state index contributed by atoms with van der Waals surface area (Å²) in [6, 6.07) is 3.69. The van der Waals surface area contributed by atoms with Gasteiger partial charge in [0.2, 0.25) is 5.91 Å². The Morgan fingerprint density at radius 1 is 1.59 bits per heavy atom. The number of rotatable bonds is 6. The molecule has 3 N–H and O–H groups in total. The third-order valence-corrected chi connectivity index (χ3v) is 3.86. The molecule has 0 radical (unpaired) electrons. The van der Waals surface area contributed by atoms with Gasteiger partial charge in [-0.15, -0.1) is 0 Å². The van der Waals surface area contributed by atoms with Crippen LogP contribution in [0.2, 0.25) is 0 Å². The molecule has 0 spiro atoms. The van der Waals surface area contributed by atoms with E-state index in [9.17, 15) is 4.79 Å². The molecule has 2 rings (SSSR count). The number of carbonyl (C=O) groups excluding carboxylic acids is 1. The summed E-state index contributed by atoms with van der Waals surface area (Å²) in [6.07, 6.45) is 4.31. The Balaban J connectivity index is 1.66. The minimum Gasteiger partial charge on any atom is -0.383 e. The second-order valence-corrected chi connectivity index (χ2v) is 5.31. The summed E-state index contributed by atoms with van der Waals surface area (Å²) in [7, 11) is 0. The first kappa shape index (κ1) is 12.2. The van der Waals surface area contributed by atoms with E-state index in [1.54, 1.807) is 18.0 Å². The first-order valence-electron chi connectivity index (χ1n) is 5.79. The predicted octanol–water partition coefficient (Wildman–Crippen LogP) is 1.42. The van der Waals surface area contributed by atoms with Crippen molar-refractivity contribution >= 4 is 23.5 Å². The number of aromatic nitrogens is 1. The first-order valence-corrected chi connectivity index (χ1v) is 6.95. The van der Waals surface area contributed by atoms with Crippen LogP contribution in [0.4, 0.5) is 5.82 Å². The van der Waals surface area contributed by atoms with Crippen LogP contribution < -0.4 is 11.1 Å². The molecule has 1 aliphatic carbocycles. The summed E-state index contributed by atoms with van der Waals surface area (Å²) in [4.78, 5) is 15.5. The molecule has 1 amide bonds. The number of carbonyl (C=O) groups is 1. The fourth-order valence-corrected chi connectivity index (χ4v) is 2.52. The molecule has 0 aliphatic heterocycles. The van der Waals surface area contributed by atoms with Crippen molar-refractivity contribution in [1.82, 2.24) is 10.3 Å². The lowest BCUT2D eigenvalue weighted by molar-refractivity contribution is -0.118. The lowest BCUT2D eigenvalue weighted by Gasteiger charge is -2.06. The zero-order valence-corrected chi connectivity index (χ0v) is 10.5. The number of pyridine rings is 1. The van der Waals surface area contributed by atoms with Crippen molar-refractivity contribution in [3.05, 3.63) is 23.9 Å². The molecule has 4 nitrogen and oxygen atoms in total. The van der Waals surface area contributed by atoms with Crippen LogP contribution in [0.15, 0.2) is 18.3 Å². The van der Waals surface area contributed by atoms with Crippen molar-refractivity contribution in [2.24, 2.45) is 5.92 Å². The molecule has 1 aromatic heterocycles. The summed E-state index contributed by atoms with van der Waals surface area (Å²) in [5.41, 5.74) is 6.56. The van der Waals surface area contributed by atoms with Crippen LogP contribution in [0.5, 0.6) is 0 Å². The van der Waals surface area contributed by atoms with Gasteiger partial charge in [0, 0.05) is 18.3 Å². The lowest BCUT2D eigenvalue weighted by atomic mass is 10.2. The third-order valence-electron chi connectivity index (χ3n) is 2.69. The van der Waals surface area contributed by atoms with Gasteiger partial charge in [0.05, 0.1) is 5.75 Å². The molecule has 17 heavy (non-hydrogen) atoms. The number of thioether (sulfide) groups is 1. The maximum Gasteiger partial charge on any atom is 0.230 e. The number of anilines is 1. The van der Waals surface area contributed by atoms with E-state index >= 15 is 0 Å². The van der Waals surface area contributed by atoms with Gasteiger partial charge in [-0.05, 0) is 30.6 Å². The van der Waals surface area contributed by atoms with Gasteiger partial charge in [-0.3, -0.25) is 4.79 Å². The van der Waals surface area contributed by atoms with Crippen molar-refractivity contribution in [3.8, 4) is 0 Å². The highest BCUT2D eigenvalue weighted by Crippen LogP contribution is 2.32. The van der Waals surface area contributed by atoms with Gasteiger partial charge < -0.3 is 11.1 Å². The van der Waals surface area contributed by atoms with E-state index in [0.29, 0.717) is 18.1 Å². The molecular formula is C12H17N3OS. The topological polar surface area (TPSA) is 68.0 Å². The molecule has 1 fully saturated rings. The minimum atomic E-state index is 0.0684. The number of nitrogens with two attached hydrogens (primary N) is 1. The SMILES string of the molecule is Nc1ncccc1CNC(=O)CSCC1CC1. The third kappa shape index (κ3) is 4.26. The van der Waals surface area contributed by atoms with Crippen LogP contribution in [0.3, 0.4) is 0 Å². The average molecular weight is 251 g/mol. The van der Waals surface area contributed by atoms with Crippen molar-refractivity contribution in [3.63, 3.8) is 0 Å². The fraction of sp³-hybridized carbons (Fsp3) is 0.500. The van der Waals surface area contributed by atoms with E-state index in [2.05, 4.69) is 10.3 Å². The minimum absolute atomic E-state index is 0.0684. The van der Waals surface area contributed by atoms with E-state index in [4.69, 9.17) is 5.73 Å². The summed E-state index contributed by atoms with van der Waals surface area (Å²) in [5, 5.41) is 2.85. The molecule has 1 aromatic rings. The van der Waals surface area contributed by atoms with E-state index in [0.717, 1.165) is 17.2 Å².